The molecule has 146 valence electrons. The fraction of sp³-hybridized carbons (Fsp3) is 0.250. The first-order valence-electron chi connectivity index (χ1n) is 8.48. The van der Waals surface area contributed by atoms with Crippen molar-refractivity contribution >= 4 is 23.5 Å². The lowest BCUT2D eigenvalue weighted by Gasteiger charge is -2.32. The van der Waals surface area contributed by atoms with E-state index in [9.17, 15) is 14.4 Å². The maximum Gasteiger partial charge on any atom is 0.337 e. The first-order valence-corrected chi connectivity index (χ1v) is 8.48. The Bertz CT molecular complexity index is 925. The summed E-state index contributed by atoms with van der Waals surface area (Å²) in [5, 5.41) is 0. The van der Waals surface area contributed by atoms with Gasteiger partial charge in [-0.15, -0.1) is 0 Å². The van der Waals surface area contributed by atoms with E-state index in [-0.39, 0.29) is 29.5 Å². The monoisotopic (exact) mass is 385 g/mol. The van der Waals surface area contributed by atoms with E-state index < -0.39 is 18.0 Å². The third-order valence-corrected chi connectivity index (χ3v) is 4.17. The molecule has 1 heterocycles. The predicted octanol–water partition coefficient (Wildman–Crippen LogP) is 2.20. The van der Waals surface area contributed by atoms with Crippen LogP contribution in [0.4, 0.5) is 5.69 Å². The highest BCUT2D eigenvalue weighted by atomic mass is 16.6. The van der Waals surface area contributed by atoms with Crippen LogP contribution in [-0.4, -0.2) is 44.7 Å². The summed E-state index contributed by atoms with van der Waals surface area (Å²) >= 11 is 0. The average Bonchev–Trinajstić information content (AvgIpc) is 2.71. The van der Waals surface area contributed by atoms with E-state index in [4.69, 9.17) is 14.2 Å². The van der Waals surface area contributed by atoms with Crippen molar-refractivity contribution in [1.29, 1.82) is 0 Å². The number of ether oxygens (including phenoxy) is 4. The molecule has 2 aromatic rings. The molecule has 0 saturated heterocycles. The van der Waals surface area contributed by atoms with Crippen molar-refractivity contribution < 1.29 is 33.3 Å². The van der Waals surface area contributed by atoms with E-state index in [2.05, 4.69) is 4.74 Å². The Morgan fingerprint density at radius 3 is 2.57 bits per heavy atom. The Hall–Kier alpha value is -3.55. The number of amides is 1. The smallest absolute Gasteiger partial charge is 0.337 e. The van der Waals surface area contributed by atoms with E-state index in [0.717, 1.165) is 0 Å². The summed E-state index contributed by atoms with van der Waals surface area (Å²) in [6, 6.07) is 11.2. The number of benzene rings is 2. The molecule has 2 aromatic carbocycles. The number of carbonyl (C=O) groups is 3. The Kier molecular flexibility index (Phi) is 5.49. The lowest BCUT2D eigenvalue weighted by molar-refractivity contribution is -0.135. The zero-order chi connectivity index (χ0) is 20.3. The van der Waals surface area contributed by atoms with Crippen LogP contribution in [0.15, 0.2) is 42.5 Å². The first-order chi connectivity index (χ1) is 13.4. The Morgan fingerprint density at radius 2 is 1.86 bits per heavy atom. The minimum Gasteiger partial charge on any atom is -0.493 e. The zero-order valence-electron chi connectivity index (χ0n) is 15.6. The van der Waals surface area contributed by atoms with Crippen LogP contribution in [0, 0.1) is 0 Å². The molecule has 28 heavy (non-hydrogen) atoms. The lowest BCUT2D eigenvalue weighted by atomic mass is 10.2. The van der Waals surface area contributed by atoms with Gasteiger partial charge >= 0.3 is 11.9 Å². The molecule has 0 aliphatic carbocycles. The van der Waals surface area contributed by atoms with Crippen molar-refractivity contribution in [2.24, 2.45) is 0 Å². The van der Waals surface area contributed by atoms with Crippen molar-refractivity contribution in [3.63, 3.8) is 0 Å². The highest BCUT2D eigenvalue weighted by molar-refractivity contribution is 6.03. The summed E-state index contributed by atoms with van der Waals surface area (Å²) in [4.78, 5) is 37.9. The van der Waals surface area contributed by atoms with E-state index in [1.807, 2.05) is 0 Å². The second-order valence-corrected chi connectivity index (χ2v) is 5.98. The van der Waals surface area contributed by atoms with Gasteiger partial charge in [-0.3, -0.25) is 9.69 Å². The molecular formula is C20H19NO7. The van der Waals surface area contributed by atoms with Crippen LogP contribution >= 0.6 is 0 Å². The summed E-state index contributed by atoms with van der Waals surface area (Å²) in [6.45, 7) is 1.32. The molecular weight excluding hydrogens is 366 g/mol. The van der Waals surface area contributed by atoms with Crippen LogP contribution in [0.5, 0.6) is 17.2 Å². The molecule has 0 N–H and O–H groups in total. The molecule has 1 atom stereocenters. The van der Waals surface area contributed by atoms with Crippen molar-refractivity contribution in [3.8, 4) is 17.2 Å². The van der Waals surface area contributed by atoms with Gasteiger partial charge in [-0.05, 0) is 37.3 Å². The van der Waals surface area contributed by atoms with Crippen molar-refractivity contribution in [2.45, 2.75) is 13.0 Å². The van der Waals surface area contributed by atoms with Crippen molar-refractivity contribution in [2.75, 3.05) is 25.7 Å². The SMILES string of the molecule is COC(=O)c1ccc(OC(=O)CN2C(=O)C(C)Oc3ccccc32)c(OC)c1. The minimum atomic E-state index is -0.712. The molecule has 3 rings (SSSR count). The summed E-state index contributed by atoms with van der Waals surface area (Å²) in [6.07, 6.45) is -0.712. The maximum atomic E-state index is 12.5. The second-order valence-electron chi connectivity index (χ2n) is 5.98. The first kappa shape index (κ1) is 19.2. The van der Waals surface area contributed by atoms with Gasteiger partial charge in [0.15, 0.2) is 17.6 Å². The van der Waals surface area contributed by atoms with Gasteiger partial charge in [0.25, 0.3) is 5.91 Å². The van der Waals surface area contributed by atoms with Gasteiger partial charge in [0.05, 0.1) is 25.5 Å². The standard InChI is InChI=1S/C20H19NO7/c1-12-19(23)21(14-6-4-5-7-15(14)27-12)11-18(22)28-16-9-8-13(20(24)26-3)10-17(16)25-2/h4-10,12H,11H2,1-3H3. The number of fused-ring (bicyclic) bond motifs is 1. The Labute approximate surface area is 161 Å². The van der Waals surface area contributed by atoms with E-state index in [1.165, 1.54) is 37.3 Å². The number of carbonyl (C=O) groups excluding carboxylic acids is 3. The molecule has 8 nitrogen and oxygen atoms in total. The third kappa shape index (κ3) is 3.75. The number of hydrogen-bond donors (Lipinski definition) is 0. The third-order valence-electron chi connectivity index (χ3n) is 4.17. The number of methoxy groups -OCH3 is 2. The van der Waals surface area contributed by atoms with Crippen LogP contribution in [0.25, 0.3) is 0 Å². The van der Waals surface area contributed by atoms with E-state index in [1.54, 1.807) is 31.2 Å². The van der Waals surface area contributed by atoms with E-state index in [0.29, 0.717) is 11.4 Å². The molecule has 0 fully saturated rings. The molecule has 0 spiro atoms. The fourth-order valence-electron chi connectivity index (χ4n) is 2.80. The largest absolute Gasteiger partial charge is 0.493 e. The van der Waals surface area contributed by atoms with Crippen LogP contribution in [0.1, 0.15) is 17.3 Å². The second kappa shape index (κ2) is 7.99. The van der Waals surface area contributed by atoms with Gasteiger partial charge in [-0.2, -0.15) is 0 Å². The lowest BCUT2D eigenvalue weighted by Crippen LogP contribution is -2.47. The zero-order valence-corrected chi connectivity index (χ0v) is 15.6. The molecule has 1 amide bonds. The van der Waals surface area contributed by atoms with Crippen LogP contribution in [-0.2, 0) is 14.3 Å². The number of esters is 2. The summed E-state index contributed by atoms with van der Waals surface area (Å²) in [5.74, 6) is -0.714. The van der Waals surface area contributed by atoms with Gasteiger partial charge in [-0.25, -0.2) is 9.59 Å². The molecule has 0 saturated carbocycles. The molecule has 1 aliphatic heterocycles. The van der Waals surface area contributed by atoms with Gasteiger partial charge in [0.2, 0.25) is 0 Å². The molecule has 0 radical (unpaired) electrons. The molecule has 1 aliphatic rings. The molecule has 8 heteroatoms. The number of rotatable bonds is 5. The van der Waals surface area contributed by atoms with Gasteiger partial charge in [-0.1, -0.05) is 12.1 Å². The highest BCUT2D eigenvalue weighted by Crippen LogP contribution is 2.34. The van der Waals surface area contributed by atoms with Crippen LogP contribution in [0.3, 0.4) is 0 Å². The van der Waals surface area contributed by atoms with Gasteiger partial charge < -0.3 is 18.9 Å². The van der Waals surface area contributed by atoms with Crippen molar-refractivity contribution in [1.82, 2.24) is 0 Å². The molecule has 0 aromatic heterocycles. The van der Waals surface area contributed by atoms with Crippen LogP contribution < -0.4 is 19.1 Å². The quantitative estimate of drug-likeness (QED) is 0.576. The number of para-hydroxylation sites is 2. The predicted molar refractivity (Wildman–Crippen MR) is 98.9 cm³/mol. The molecule has 1 unspecified atom stereocenters. The number of anilines is 1. The summed E-state index contributed by atoms with van der Waals surface area (Å²) in [5.41, 5.74) is 0.751. The minimum absolute atomic E-state index is 0.127. The summed E-state index contributed by atoms with van der Waals surface area (Å²) in [7, 11) is 2.65. The Balaban J connectivity index is 1.79. The van der Waals surface area contributed by atoms with Crippen LogP contribution in [0.2, 0.25) is 0 Å². The topological polar surface area (TPSA) is 91.4 Å². The normalized spacial score (nSPS) is 15.3. The number of hydrogen-bond acceptors (Lipinski definition) is 7. The maximum absolute atomic E-state index is 12.5. The summed E-state index contributed by atoms with van der Waals surface area (Å²) < 4.78 is 20.7. The fourth-order valence-corrected chi connectivity index (χ4v) is 2.80. The highest BCUT2D eigenvalue weighted by Gasteiger charge is 2.33. The average molecular weight is 385 g/mol. The van der Waals surface area contributed by atoms with Gasteiger partial charge in [0.1, 0.15) is 12.3 Å². The van der Waals surface area contributed by atoms with Crippen molar-refractivity contribution in [3.05, 3.63) is 48.0 Å². The number of nitrogens with zero attached hydrogens (tertiary/aromatic N) is 1. The molecule has 0 bridgehead atoms. The van der Waals surface area contributed by atoms with E-state index >= 15 is 0 Å². The Morgan fingerprint density at radius 1 is 1.11 bits per heavy atom. The van der Waals surface area contributed by atoms with Gasteiger partial charge in [0, 0.05) is 0 Å².